The molecule has 1 heteroatoms. The zero-order valence-corrected chi connectivity index (χ0v) is 15.6. The van der Waals surface area contributed by atoms with E-state index in [1.165, 1.54) is 38.4 Å². The van der Waals surface area contributed by atoms with Crippen molar-refractivity contribution < 1.29 is 0 Å². The van der Waals surface area contributed by atoms with Gasteiger partial charge in [-0.1, -0.05) is 79.7 Å². The number of rotatable bonds is 1. The van der Waals surface area contributed by atoms with Gasteiger partial charge in [-0.3, -0.25) is 0 Å². The smallest absolute Gasteiger partial charge is 0.0394 e. The number of fused-ring (bicyclic) bond motifs is 1. The minimum atomic E-state index is 0.624. The summed E-state index contributed by atoms with van der Waals surface area (Å²) in [5.41, 5.74) is 12.5. The predicted molar refractivity (Wildman–Crippen MR) is 117 cm³/mol. The molecule has 0 spiro atoms. The van der Waals surface area contributed by atoms with E-state index in [-0.39, 0.29) is 0 Å². The average Bonchev–Trinajstić information content (AvgIpc) is 2.69. The molecule has 0 radical (unpaired) electrons. The van der Waals surface area contributed by atoms with Crippen LogP contribution in [0, 0.1) is 5.92 Å². The maximum Gasteiger partial charge on any atom is 0.0394 e. The van der Waals surface area contributed by atoms with Crippen molar-refractivity contribution in [3.63, 3.8) is 0 Å². The molecule has 27 heavy (non-hydrogen) atoms. The van der Waals surface area contributed by atoms with Crippen molar-refractivity contribution in [2.45, 2.75) is 19.8 Å². The van der Waals surface area contributed by atoms with E-state index in [4.69, 9.17) is 5.73 Å². The fourth-order valence-corrected chi connectivity index (χ4v) is 4.51. The largest absolute Gasteiger partial charge is 0.398 e. The molecule has 0 amide bonds. The van der Waals surface area contributed by atoms with Crippen molar-refractivity contribution in [1.82, 2.24) is 0 Å². The zero-order chi connectivity index (χ0) is 18.4. The molecule has 0 heterocycles. The lowest BCUT2D eigenvalue weighted by Gasteiger charge is -2.22. The summed E-state index contributed by atoms with van der Waals surface area (Å²) >= 11 is 0. The number of nitrogens with two attached hydrogens (primary N) is 1. The van der Waals surface area contributed by atoms with E-state index in [0.717, 1.165) is 23.9 Å². The fourth-order valence-electron chi connectivity index (χ4n) is 4.51. The second-order valence-corrected chi connectivity index (χ2v) is 7.73. The molecule has 1 unspecified atom stereocenters. The monoisotopic (exact) mass is 349 g/mol. The Morgan fingerprint density at radius 1 is 0.778 bits per heavy atom. The third kappa shape index (κ3) is 2.62. The number of hydrogen-bond acceptors (Lipinski definition) is 1. The number of hydrogen-bond donors (Lipinski definition) is 1. The highest BCUT2D eigenvalue weighted by Crippen LogP contribution is 2.39. The van der Waals surface area contributed by atoms with Gasteiger partial charge in [0.1, 0.15) is 0 Å². The van der Waals surface area contributed by atoms with E-state index in [9.17, 15) is 0 Å². The van der Waals surface area contributed by atoms with Crippen LogP contribution in [-0.4, -0.2) is 0 Å². The van der Waals surface area contributed by atoms with Crippen molar-refractivity contribution >= 4 is 32.8 Å². The van der Waals surface area contributed by atoms with E-state index < -0.39 is 0 Å². The number of anilines is 1. The third-order valence-electron chi connectivity index (χ3n) is 5.82. The molecule has 1 aliphatic carbocycles. The van der Waals surface area contributed by atoms with E-state index in [1.807, 2.05) is 6.07 Å². The Morgan fingerprint density at radius 3 is 2.41 bits per heavy atom. The van der Waals surface area contributed by atoms with Gasteiger partial charge in [-0.2, -0.15) is 0 Å². The number of nitrogen functional groups attached to an aromatic ring is 1. The van der Waals surface area contributed by atoms with Gasteiger partial charge in [0.2, 0.25) is 0 Å². The van der Waals surface area contributed by atoms with E-state index in [1.54, 1.807) is 0 Å². The van der Waals surface area contributed by atoms with Gasteiger partial charge in [0, 0.05) is 11.1 Å². The van der Waals surface area contributed by atoms with Gasteiger partial charge in [0.05, 0.1) is 0 Å². The van der Waals surface area contributed by atoms with E-state index in [0.29, 0.717) is 5.92 Å². The summed E-state index contributed by atoms with van der Waals surface area (Å²) in [5, 5.41) is 5.08. The lowest BCUT2D eigenvalue weighted by atomic mass is 9.83. The molecule has 1 aliphatic rings. The van der Waals surface area contributed by atoms with Crippen molar-refractivity contribution in [2.24, 2.45) is 5.92 Å². The summed E-state index contributed by atoms with van der Waals surface area (Å²) in [6.07, 6.45) is 4.65. The molecule has 1 atom stereocenters. The standard InChI is InChI=1S/C26H23N/c1-17-12-13-22(21-14-15-25(27)23-10-3-2-9-20(21)23)24-11-5-7-18-6-4-8-19(16-17)26(18)24/h2-11,13-15,17H,12,16,27H2,1H3. The molecule has 4 aromatic carbocycles. The Hall–Kier alpha value is -3.06. The quantitative estimate of drug-likeness (QED) is 0.385. The van der Waals surface area contributed by atoms with Crippen LogP contribution in [0.25, 0.3) is 27.1 Å². The molecule has 5 rings (SSSR count). The topological polar surface area (TPSA) is 26.0 Å². The summed E-state index contributed by atoms with van der Waals surface area (Å²) < 4.78 is 0. The molecule has 0 bridgehead atoms. The summed E-state index contributed by atoms with van der Waals surface area (Å²) in [4.78, 5) is 0. The van der Waals surface area contributed by atoms with Gasteiger partial charge in [-0.25, -0.2) is 0 Å². The maximum absolute atomic E-state index is 6.27. The van der Waals surface area contributed by atoms with Crippen molar-refractivity contribution in [2.75, 3.05) is 5.73 Å². The first kappa shape index (κ1) is 16.1. The third-order valence-corrected chi connectivity index (χ3v) is 5.82. The van der Waals surface area contributed by atoms with Crippen LogP contribution in [0.4, 0.5) is 5.69 Å². The molecular formula is C26H23N. The first-order chi connectivity index (χ1) is 13.2. The first-order valence-electron chi connectivity index (χ1n) is 9.71. The Balaban J connectivity index is 1.87. The normalized spacial score (nSPS) is 16.8. The lowest BCUT2D eigenvalue weighted by Crippen LogP contribution is -2.05. The number of benzene rings is 4. The molecule has 1 nitrogen and oxygen atoms in total. The molecule has 0 aromatic heterocycles. The summed E-state index contributed by atoms with van der Waals surface area (Å²) in [7, 11) is 0. The Labute approximate surface area is 160 Å². The van der Waals surface area contributed by atoms with E-state index >= 15 is 0 Å². The van der Waals surface area contributed by atoms with Crippen LogP contribution in [-0.2, 0) is 6.42 Å². The highest BCUT2D eigenvalue weighted by molar-refractivity contribution is 6.07. The Morgan fingerprint density at radius 2 is 1.56 bits per heavy atom. The zero-order valence-electron chi connectivity index (χ0n) is 15.6. The van der Waals surface area contributed by atoms with Gasteiger partial charge in [-0.05, 0) is 63.2 Å². The van der Waals surface area contributed by atoms with Gasteiger partial charge in [-0.15, -0.1) is 0 Å². The second-order valence-electron chi connectivity index (χ2n) is 7.73. The van der Waals surface area contributed by atoms with Crippen LogP contribution in [0.1, 0.15) is 30.0 Å². The van der Waals surface area contributed by atoms with Crippen molar-refractivity contribution in [3.05, 3.63) is 95.6 Å². The van der Waals surface area contributed by atoms with Crippen LogP contribution in [0.3, 0.4) is 0 Å². The van der Waals surface area contributed by atoms with Gasteiger partial charge in [0.15, 0.2) is 0 Å². The predicted octanol–water partition coefficient (Wildman–Crippen LogP) is 6.59. The summed E-state index contributed by atoms with van der Waals surface area (Å²) in [5.74, 6) is 0.624. The molecule has 132 valence electrons. The highest BCUT2D eigenvalue weighted by atomic mass is 14.5. The van der Waals surface area contributed by atoms with Gasteiger partial charge >= 0.3 is 0 Å². The van der Waals surface area contributed by atoms with Gasteiger partial charge in [0.25, 0.3) is 0 Å². The molecule has 0 saturated heterocycles. The minimum absolute atomic E-state index is 0.624. The molecule has 4 aromatic rings. The lowest BCUT2D eigenvalue weighted by molar-refractivity contribution is 0.591. The van der Waals surface area contributed by atoms with Crippen LogP contribution in [0.15, 0.2) is 78.9 Å². The average molecular weight is 349 g/mol. The SMILES string of the molecule is CC1CC=C(c2ccc(N)c3ccccc23)c2cccc3cccc(c23)C1. The fraction of sp³-hybridized carbons (Fsp3) is 0.154. The molecule has 0 aliphatic heterocycles. The van der Waals surface area contributed by atoms with Crippen LogP contribution < -0.4 is 5.73 Å². The molecule has 0 saturated carbocycles. The summed E-state index contributed by atoms with van der Waals surface area (Å²) in [6.45, 7) is 2.35. The Bertz CT molecular complexity index is 1190. The Kier molecular flexibility index (Phi) is 3.75. The molecule has 0 fully saturated rings. The minimum Gasteiger partial charge on any atom is -0.398 e. The molecule has 2 N–H and O–H groups in total. The highest BCUT2D eigenvalue weighted by Gasteiger charge is 2.18. The molecular weight excluding hydrogens is 326 g/mol. The van der Waals surface area contributed by atoms with Crippen molar-refractivity contribution in [3.8, 4) is 0 Å². The maximum atomic E-state index is 6.27. The van der Waals surface area contributed by atoms with Crippen LogP contribution in [0.5, 0.6) is 0 Å². The second kappa shape index (κ2) is 6.28. The first-order valence-corrected chi connectivity index (χ1v) is 9.71. The van der Waals surface area contributed by atoms with Crippen molar-refractivity contribution in [1.29, 1.82) is 0 Å². The number of allylic oxidation sites excluding steroid dienone is 1. The van der Waals surface area contributed by atoms with Crippen LogP contribution >= 0.6 is 0 Å². The van der Waals surface area contributed by atoms with Gasteiger partial charge < -0.3 is 5.73 Å². The van der Waals surface area contributed by atoms with E-state index in [2.05, 4.69) is 79.7 Å². The van der Waals surface area contributed by atoms with Crippen LogP contribution in [0.2, 0.25) is 0 Å². The summed E-state index contributed by atoms with van der Waals surface area (Å²) in [6, 6.07) is 26.1.